The Morgan fingerprint density at radius 3 is 1.95 bits per heavy atom. The van der Waals surface area contributed by atoms with Crippen LogP contribution in [0.5, 0.6) is 17.2 Å². The maximum absolute atomic E-state index is 5.46. The molecule has 4 heteroatoms. The first-order valence-electron chi connectivity index (χ1n) is 6.40. The summed E-state index contributed by atoms with van der Waals surface area (Å²) in [5.41, 5.74) is 3.07. The molecule has 2 aromatic carbocycles. The van der Waals surface area contributed by atoms with Gasteiger partial charge in [-0.05, 0) is 30.7 Å². The van der Waals surface area contributed by atoms with Crippen LogP contribution >= 0.6 is 0 Å². The predicted octanol–water partition coefficient (Wildman–Crippen LogP) is 3.66. The van der Waals surface area contributed by atoms with Gasteiger partial charge in [0.15, 0.2) is 0 Å². The standard InChI is InChI=1S/C16H17NO3/c1-9-5-11-12-7-10(18-2)8-14(20-4)16(12)17-15(11)13(6-9)19-3/h5-8,17H,1-4H3. The van der Waals surface area contributed by atoms with Gasteiger partial charge in [0.25, 0.3) is 0 Å². The first-order valence-corrected chi connectivity index (χ1v) is 6.40. The van der Waals surface area contributed by atoms with Crippen LogP contribution in [0.15, 0.2) is 24.3 Å². The summed E-state index contributed by atoms with van der Waals surface area (Å²) in [6, 6.07) is 8.03. The molecular formula is C16H17NO3. The number of aromatic nitrogens is 1. The number of rotatable bonds is 3. The fraction of sp³-hybridized carbons (Fsp3) is 0.250. The van der Waals surface area contributed by atoms with Gasteiger partial charge in [0.05, 0.1) is 32.4 Å². The average Bonchev–Trinajstić information content (AvgIpc) is 2.83. The van der Waals surface area contributed by atoms with E-state index in [0.717, 1.165) is 44.6 Å². The summed E-state index contributed by atoms with van der Waals surface area (Å²) in [5.74, 6) is 2.36. The highest BCUT2D eigenvalue weighted by molar-refractivity contribution is 6.11. The van der Waals surface area contributed by atoms with E-state index in [4.69, 9.17) is 14.2 Å². The molecule has 0 aliphatic heterocycles. The van der Waals surface area contributed by atoms with E-state index in [0.29, 0.717) is 0 Å². The smallest absolute Gasteiger partial charge is 0.146 e. The third kappa shape index (κ3) is 1.76. The number of H-pyrrole nitrogens is 1. The second-order valence-corrected chi connectivity index (χ2v) is 4.77. The minimum Gasteiger partial charge on any atom is -0.497 e. The van der Waals surface area contributed by atoms with Gasteiger partial charge in [0, 0.05) is 16.8 Å². The summed E-state index contributed by atoms with van der Waals surface area (Å²) < 4.78 is 16.3. The predicted molar refractivity (Wildman–Crippen MR) is 80.2 cm³/mol. The molecule has 0 unspecified atom stereocenters. The van der Waals surface area contributed by atoms with Gasteiger partial charge in [0.1, 0.15) is 17.2 Å². The van der Waals surface area contributed by atoms with Gasteiger partial charge in [-0.25, -0.2) is 0 Å². The molecular weight excluding hydrogens is 254 g/mol. The quantitative estimate of drug-likeness (QED) is 0.790. The lowest BCUT2D eigenvalue weighted by Gasteiger charge is -2.05. The zero-order valence-electron chi connectivity index (χ0n) is 12.0. The van der Waals surface area contributed by atoms with E-state index < -0.39 is 0 Å². The number of hydrogen-bond donors (Lipinski definition) is 1. The third-order valence-corrected chi connectivity index (χ3v) is 3.54. The summed E-state index contributed by atoms with van der Waals surface area (Å²) in [7, 11) is 4.99. The Hall–Kier alpha value is -2.36. The fourth-order valence-corrected chi connectivity index (χ4v) is 2.59. The largest absolute Gasteiger partial charge is 0.497 e. The van der Waals surface area contributed by atoms with Crippen LogP contribution in [0.1, 0.15) is 5.56 Å². The molecule has 20 heavy (non-hydrogen) atoms. The molecule has 4 nitrogen and oxygen atoms in total. The highest BCUT2D eigenvalue weighted by atomic mass is 16.5. The summed E-state index contributed by atoms with van der Waals surface area (Å²) in [5, 5.41) is 2.17. The molecule has 0 fully saturated rings. The molecule has 1 N–H and O–H groups in total. The second kappa shape index (κ2) is 4.63. The lowest BCUT2D eigenvalue weighted by molar-refractivity contribution is 0.397. The number of nitrogens with one attached hydrogen (secondary N) is 1. The lowest BCUT2D eigenvalue weighted by atomic mass is 10.1. The molecule has 0 aliphatic carbocycles. The lowest BCUT2D eigenvalue weighted by Crippen LogP contribution is -1.87. The molecule has 0 saturated carbocycles. The van der Waals surface area contributed by atoms with Gasteiger partial charge < -0.3 is 19.2 Å². The summed E-state index contributed by atoms with van der Waals surface area (Å²) in [4.78, 5) is 3.39. The van der Waals surface area contributed by atoms with Crippen LogP contribution in [0.2, 0.25) is 0 Å². The molecule has 3 rings (SSSR count). The van der Waals surface area contributed by atoms with Gasteiger partial charge >= 0.3 is 0 Å². The topological polar surface area (TPSA) is 43.5 Å². The van der Waals surface area contributed by atoms with Crippen molar-refractivity contribution in [2.45, 2.75) is 6.92 Å². The molecule has 0 bridgehead atoms. The minimum atomic E-state index is 0.759. The van der Waals surface area contributed by atoms with Crippen molar-refractivity contribution in [2.24, 2.45) is 0 Å². The Kier molecular flexibility index (Phi) is 2.93. The highest BCUT2D eigenvalue weighted by Gasteiger charge is 2.14. The molecule has 0 spiro atoms. The average molecular weight is 271 g/mol. The second-order valence-electron chi connectivity index (χ2n) is 4.77. The molecule has 0 saturated heterocycles. The van der Waals surface area contributed by atoms with Crippen molar-refractivity contribution < 1.29 is 14.2 Å². The van der Waals surface area contributed by atoms with Crippen molar-refractivity contribution in [3.63, 3.8) is 0 Å². The number of ether oxygens (including phenoxy) is 3. The molecule has 0 atom stereocenters. The number of fused-ring (bicyclic) bond motifs is 3. The molecule has 3 aromatic rings. The van der Waals surface area contributed by atoms with Crippen LogP contribution in [0.4, 0.5) is 0 Å². The molecule has 104 valence electrons. The van der Waals surface area contributed by atoms with Gasteiger partial charge in [-0.2, -0.15) is 0 Å². The third-order valence-electron chi connectivity index (χ3n) is 3.54. The molecule has 0 radical (unpaired) electrons. The highest BCUT2D eigenvalue weighted by Crippen LogP contribution is 2.39. The summed E-state index contributed by atoms with van der Waals surface area (Å²) in [6.07, 6.45) is 0. The number of aromatic amines is 1. The maximum Gasteiger partial charge on any atom is 0.146 e. The number of benzene rings is 2. The van der Waals surface area contributed by atoms with Crippen LogP contribution in [-0.2, 0) is 0 Å². The zero-order chi connectivity index (χ0) is 14.3. The molecule has 1 aromatic heterocycles. The van der Waals surface area contributed by atoms with Gasteiger partial charge in [-0.3, -0.25) is 0 Å². The van der Waals surface area contributed by atoms with Crippen molar-refractivity contribution >= 4 is 21.8 Å². The Balaban J connectivity index is 2.48. The van der Waals surface area contributed by atoms with Gasteiger partial charge in [0.2, 0.25) is 0 Å². The van der Waals surface area contributed by atoms with Crippen LogP contribution < -0.4 is 14.2 Å². The van der Waals surface area contributed by atoms with E-state index in [1.54, 1.807) is 21.3 Å². The van der Waals surface area contributed by atoms with Crippen molar-refractivity contribution in [1.82, 2.24) is 4.98 Å². The SMILES string of the molecule is COc1cc(OC)c2[nH]c3c(OC)cc(C)cc3c2c1. The Morgan fingerprint density at radius 2 is 1.35 bits per heavy atom. The first-order chi connectivity index (χ1) is 9.67. The van der Waals surface area contributed by atoms with E-state index >= 15 is 0 Å². The zero-order valence-corrected chi connectivity index (χ0v) is 12.0. The van der Waals surface area contributed by atoms with Crippen LogP contribution in [0.3, 0.4) is 0 Å². The van der Waals surface area contributed by atoms with Gasteiger partial charge in [-0.15, -0.1) is 0 Å². The summed E-state index contributed by atoms with van der Waals surface area (Å²) >= 11 is 0. The number of aryl methyl sites for hydroxylation is 1. The van der Waals surface area contributed by atoms with Crippen molar-refractivity contribution in [3.05, 3.63) is 29.8 Å². The van der Waals surface area contributed by atoms with E-state index in [1.165, 1.54) is 0 Å². The van der Waals surface area contributed by atoms with E-state index in [-0.39, 0.29) is 0 Å². The summed E-state index contributed by atoms with van der Waals surface area (Å²) in [6.45, 7) is 2.05. The molecule has 0 aliphatic rings. The number of hydrogen-bond acceptors (Lipinski definition) is 3. The van der Waals surface area contributed by atoms with E-state index in [9.17, 15) is 0 Å². The van der Waals surface area contributed by atoms with Crippen LogP contribution in [0, 0.1) is 6.92 Å². The van der Waals surface area contributed by atoms with Crippen LogP contribution in [0.25, 0.3) is 21.8 Å². The minimum absolute atomic E-state index is 0.759. The first kappa shape index (κ1) is 12.7. The maximum atomic E-state index is 5.46. The molecule has 1 heterocycles. The van der Waals surface area contributed by atoms with Gasteiger partial charge in [-0.1, -0.05) is 0 Å². The van der Waals surface area contributed by atoms with E-state index in [1.807, 2.05) is 18.2 Å². The Labute approximate surface area is 117 Å². The molecule has 0 amide bonds. The Bertz CT molecular complexity index is 789. The normalized spacial score (nSPS) is 11.0. The Morgan fingerprint density at radius 1 is 0.750 bits per heavy atom. The monoisotopic (exact) mass is 271 g/mol. The van der Waals surface area contributed by atoms with Crippen molar-refractivity contribution in [1.29, 1.82) is 0 Å². The number of methoxy groups -OCH3 is 3. The van der Waals surface area contributed by atoms with Crippen molar-refractivity contribution in [3.8, 4) is 17.2 Å². The van der Waals surface area contributed by atoms with E-state index in [2.05, 4.69) is 18.0 Å². The van der Waals surface area contributed by atoms with Crippen molar-refractivity contribution in [2.75, 3.05) is 21.3 Å². The fourth-order valence-electron chi connectivity index (χ4n) is 2.59. The van der Waals surface area contributed by atoms with Crippen LogP contribution in [-0.4, -0.2) is 26.3 Å².